The first-order chi connectivity index (χ1) is 7.08. The molecule has 1 aromatic rings. The van der Waals surface area contributed by atoms with Crippen LogP contribution in [0.25, 0.3) is 0 Å². The number of carboxylic acids is 1. The van der Waals surface area contributed by atoms with Gasteiger partial charge >= 0.3 is 5.97 Å². The van der Waals surface area contributed by atoms with Gasteiger partial charge in [-0.25, -0.2) is 0 Å². The Balaban J connectivity index is 2.36. The van der Waals surface area contributed by atoms with Gasteiger partial charge in [0, 0.05) is 6.04 Å². The number of aryl methyl sites for hydroxylation is 2. The van der Waals surface area contributed by atoms with Crippen molar-refractivity contribution in [3.63, 3.8) is 0 Å². The van der Waals surface area contributed by atoms with E-state index < -0.39 is 5.97 Å². The molecular formula is C12H17NO2. The van der Waals surface area contributed by atoms with E-state index in [2.05, 4.69) is 24.3 Å². The molecule has 1 rings (SSSR count). The van der Waals surface area contributed by atoms with E-state index in [0.29, 0.717) is 0 Å². The van der Waals surface area contributed by atoms with Crippen molar-refractivity contribution in [2.24, 2.45) is 5.73 Å². The quantitative estimate of drug-likeness (QED) is 0.772. The molecule has 3 N–H and O–H groups in total. The Kier molecular flexibility index (Phi) is 4.31. The molecule has 1 atom stereocenters. The Bertz CT molecular complexity index is 319. The van der Waals surface area contributed by atoms with Gasteiger partial charge in [0.05, 0.1) is 6.42 Å². The highest BCUT2D eigenvalue weighted by atomic mass is 16.4. The summed E-state index contributed by atoms with van der Waals surface area (Å²) in [6.07, 6.45) is 1.61. The Morgan fingerprint density at radius 1 is 1.40 bits per heavy atom. The van der Waals surface area contributed by atoms with Crippen LogP contribution < -0.4 is 5.73 Å². The van der Waals surface area contributed by atoms with E-state index >= 15 is 0 Å². The van der Waals surface area contributed by atoms with Crippen molar-refractivity contribution in [3.8, 4) is 0 Å². The smallest absolute Gasteiger partial charge is 0.304 e. The zero-order valence-electron chi connectivity index (χ0n) is 8.94. The average Bonchev–Trinajstić information content (AvgIpc) is 2.16. The molecule has 1 aromatic carbocycles. The maximum Gasteiger partial charge on any atom is 0.304 e. The van der Waals surface area contributed by atoms with Crippen LogP contribution in [0.15, 0.2) is 24.3 Å². The summed E-state index contributed by atoms with van der Waals surface area (Å²) in [5.74, 6) is -0.827. The molecule has 0 saturated carbocycles. The molecule has 0 aliphatic heterocycles. The number of carboxylic acid groups (broad SMARTS) is 1. The van der Waals surface area contributed by atoms with Crippen LogP contribution >= 0.6 is 0 Å². The molecule has 15 heavy (non-hydrogen) atoms. The standard InChI is InChI=1S/C12H17NO2/c1-9-2-4-10(5-3-9)6-7-11(13)8-12(14)15/h2-5,11H,6-8,13H2,1H3,(H,14,15). The molecule has 0 aromatic heterocycles. The summed E-state index contributed by atoms with van der Waals surface area (Å²) in [6, 6.07) is 7.98. The van der Waals surface area contributed by atoms with Crippen molar-refractivity contribution < 1.29 is 9.90 Å². The Morgan fingerprint density at radius 3 is 2.53 bits per heavy atom. The minimum Gasteiger partial charge on any atom is -0.481 e. The molecule has 3 nitrogen and oxygen atoms in total. The van der Waals surface area contributed by atoms with E-state index in [4.69, 9.17) is 10.8 Å². The van der Waals surface area contributed by atoms with Crippen molar-refractivity contribution in [2.45, 2.75) is 32.2 Å². The van der Waals surface area contributed by atoms with Gasteiger partial charge < -0.3 is 10.8 Å². The highest BCUT2D eigenvalue weighted by Crippen LogP contribution is 2.07. The Morgan fingerprint density at radius 2 is 2.00 bits per heavy atom. The molecule has 1 unspecified atom stereocenters. The lowest BCUT2D eigenvalue weighted by Gasteiger charge is -2.08. The second-order valence-corrected chi connectivity index (χ2v) is 3.88. The Hall–Kier alpha value is -1.35. The predicted octanol–water partition coefficient (Wildman–Crippen LogP) is 1.73. The first-order valence-electron chi connectivity index (χ1n) is 5.11. The van der Waals surface area contributed by atoms with Crippen molar-refractivity contribution in [1.82, 2.24) is 0 Å². The third kappa shape index (κ3) is 4.61. The summed E-state index contributed by atoms with van der Waals surface area (Å²) in [5.41, 5.74) is 8.11. The fourth-order valence-electron chi connectivity index (χ4n) is 1.43. The molecule has 0 aliphatic rings. The number of hydrogen-bond acceptors (Lipinski definition) is 2. The van der Waals surface area contributed by atoms with Gasteiger partial charge in [-0.2, -0.15) is 0 Å². The van der Waals surface area contributed by atoms with E-state index in [1.807, 2.05) is 6.92 Å². The summed E-state index contributed by atoms with van der Waals surface area (Å²) >= 11 is 0. The minimum atomic E-state index is -0.827. The fraction of sp³-hybridized carbons (Fsp3) is 0.417. The summed E-state index contributed by atoms with van der Waals surface area (Å²) in [6.45, 7) is 2.04. The molecule has 0 heterocycles. The van der Waals surface area contributed by atoms with Gasteiger partial charge in [-0.3, -0.25) is 4.79 Å². The molecule has 3 heteroatoms. The summed E-state index contributed by atoms with van der Waals surface area (Å²) < 4.78 is 0. The fourth-order valence-corrected chi connectivity index (χ4v) is 1.43. The number of hydrogen-bond donors (Lipinski definition) is 2. The van der Waals surface area contributed by atoms with Crippen molar-refractivity contribution in [1.29, 1.82) is 0 Å². The van der Waals surface area contributed by atoms with Gasteiger partial charge in [-0.15, -0.1) is 0 Å². The van der Waals surface area contributed by atoms with Gasteiger partial charge in [0.1, 0.15) is 0 Å². The molecule has 0 spiro atoms. The van der Waals surface area contributed by atoms with Gasteiger partial charge in [0.25, 0.3) is 0 Å². The zero-order valence-corrected chi connectivity index (χ0v) is 8.94. The van der Waals surface area contributed by atoms with Crippen LogP contribution in [0.2, 0.25) is 0 Å². The first kappa shape index (κ1) is 11.7. The van der Waals surface area contributed by atoms with E-state index in [1.165, 1.54) is 11.1 Å². The second-order valence-electron chi connectivity index (χ2n) is 3.88. The summed E-state index contributed by atoms with van der Waals surface area (Å²) in [7, 11) is 0. The number of benzene rings is 1. The zero-order chi connectivity index (χ0) is 11.3. The average molecular weight is 207 g/mol. The Labute approximate surface area is 89.9 Å². The molecule has 0 aliphatic carbocycles. The van der Waals surface area contributed by atoms with Gasteiger partial charge in [-0.05, 0) is 25.3 Å². The van der Waals surface area contributed by atoms with Gasteiger partial charge in [-0.1, -0.05) is 29.8 Å². The lowest BCUT2D eigenvalue weighted by atomic mass is 10.0. The normalized spacial score (nSPS) is 12.4. The third-order valence-electron chi connectivity index (χ3n) is 2.36. The second kappa shape index (κ2) is 5.51. The van der Waals surface area contributed by atoms with E-state index in [0.717, 1.165) is 12.8 Å². The highest BCUT2D eigenvalue weighted by molar-refractivity contribution is 5.67. The van der Waals surface area contributed by atoms with E-state index in [1.54, 1.807) is 0 Å². The van der Waals surface area contributed by atoms with Crippen LogP contribution in [-0.2, 0) is 11.2 Å². The third-order valence-corrected chi connectivity index (χ3v) is 2.36. The molecule has 0 amide bonds. The molecule has 0 saturated heterocycles. The van der Waals surface area contributed by atoms with Crippen molar-refractivity contribution in [3.05, 3.63) is 35.4 Å². The highest BCUT2D eigenvalue weighted by Gasteiger charge is 2.07. The van der Waals surface area contributed by atoms with Crippen LogP contribution in [0, 0.1) is 6.92 Å². The predicted molar refractivity (Wildman–Crippen MR) is 59.7 cm³/mol. The number of aliphatic carboxylic acids is 1. The SMILES string of the molecule is Cc1ccc(CCC(N)CC(=O)O)cc1. The molecule has 0 fully saturated rings. The molecule has 0 radical (unpaired) electrons. The van der Waals surface area contributed by atoms with Gasteiger partial charge in [0.15, 0.2) is 0 Å². The maximum absolute atomic E-state index is 10.4. The number of carbonyl (C=O) groups is 1. The van der Waals surface area contributed by atoms with Crippen molar-refractivity contribution >= 4 is 5.97 Å². The first-order valence-corrected chi connectivity index (χ1v) is 5.11. The minimum absolute atomic E-state index is 0.0475. The van der Waals surface area contributed by atoms with Crippen LogP contribution in [0.4, 0.5) is 0 Å². The lowest BCUT2D eigenvalue weighted by Crippen LogP contribution is -2.24. The molecule has 0 bridgehead atoms. The number of rotatable bonds is 5. The van der Waals surface area contributed by atoms with E-state index in [9.17, 15) is 4.79 Å². The summed E-state index contributed by atoms with van der Waals surface area (Å²) in [4.78, 5) is 10.4. The van der Waals surface area contributed by atoms with Crippen LogP contribution in [0.3, 0.4) is 0 Å². The largest absolute Gasteiger partial charge is 0.481 e. The lowest BCUT2D eigenvalue weighted by molar-refractivity contribution is -0.137. The van der Waals surface area contributed by atoms with Gasteiger partial charge in [0.2, 0.25) is 0 Å². The summed E-state index contributed by atoms with van der Waals surface area (Å²) in [5, 5.41) is 8.54. The van der Waals surface area contributed by atoms with Crippen LogP contribution in [0.1, 0.15) is 24.0 Å². The molecular weight excluding hydrogens is 190 g/mol. The monoisotopic (exact) mass is 207 g/mol. The maximum atomic E-state index is 10.4. The number of nitrogens with two attached hydrogens (primary N) is 1. The van der Waals surface area contributed by atoms with E-state index in [-0.39, 0.29) is 12.5 Å². The molecule has 82 valence electrons. The van der Waals surface area contributed by atoms with Crippen molar-refractivity contribution in [2.75, 3.05) is 0 Å². The van der Waals surface area contributed by atoms with Crippen LogP contribution in [-0.4, -0.2) is 17.1 Å². The van der Waals surface area contributed by atoms with Crippen LogP contribution in [0.5, 0.6) is 0 Å². The topological polar surface area (TPSA) is 63.3 Å².